The van der Waals surface area contributed by atoms with Crippen molar-refractivity contribution in [3.05, 3.63) is 63.8 Å². The minimum Gasteiger partial charge on any atom is -0.331 e. The van der Waals surface area contributed by atoms with Gasteiger partial charge in [0.1, 0.15) is 11.4 Å². The van der Waals surface area contributed by atoms with Crippen LogP contribution in [0.2, 0.25) is 0 Å². The lowest BCUT2D eigenvalue weighted by Crippen LogP contribution is -2.26. The molecule has 1 aromatic carbocycles. The highest BCUT2D eigenvalue weighted by Crippen LogP contribution is 2.26. The minimum atomic E-state index is -4.68. The van der Waals surface area contributed by atoms with Crippen LogP contribution in [0.25, 0.3) is 0 Å². The minimum absolute atomic E-state index is 0.239. The Labute approximate surface area is 107 Å². The molecular formula is C13H11F3N2O. The van der Waals surface area contributed by atoms with Gasteiger partial charge in [0.15, 0.2) is 0 Å². The average Bonchev–Trinajstić information content (AvgIpc) is 2.32. The van der Waals surface area contributed by atoms with Crippen molar-refractivity contribution in [3.63, 3.8) is 0 Å². The molecule has 0 amide bonds. The maximum Gasteiger partial charge on any atom is 0.423 e. The van der Waals surface area contributed by atoms with Crippen molar-refractivity contribution in [1.82, 2.24) is 9.55 Å². The Kier molecular flexibility index (Phi) is 3.42. The topological polar surface area (TPSA) is 34.9 Å². The van der Waals surface area contributed by atoms with Gasteiger partial charge < -0.3 is 4.57 Å². The van der Waals surface area contributed by atoms with Crippen LogP contribution in [0.4, 0.5) is 13.2 Å². The van der Waals surface area contributed by atoms with E-state index in [1.807, 2.05) is 6.07 Å². The SMILES string of the molecule is Cc1nc(=O)c(C(F)(F)F)cn1Cc1ccccc1. The van der Waals surface area contributed by atoms with Gasteiger partial charge in [0, 0.05) is 12.7 Å². The van der Waals surface area contributed by atoms with E-state index < -0.39 is 17.3 Å². The lowest BCUT2D eigenvalue weighted by Gasteiger charge is -2.13. The van der Waals surface area contributed by atoms with Crippen LogP contribution in [0.3, 0.4) is 0 Å². The molecule has 19 heavy (non-hydrogen) atoms. The standard InChI is InChI=1S/C13H11F3N2O/c1-9-17-12(19)11(13(14,15)16)8-18(9)7-10-5-3-2-4-6-10/h2-6,8H,7H2,1H3. The zero-order valence-electron chi connectivity index (χ0n) is 10.1. The van der Waals surface area contributed by atoms with Gasteiger partial charge in [-0.25, -0.2) is 0 Å². The molecular weight excluding hydrogens is 257 g/mol. The molecule has 0 saturated heterocycles. The molecule has 0 N–H and O–H groups in total. The van der Waals surface area contributed by atoms with Gasteiger partial charge in [-0.05, 0) is 12.5 Å². The van der Waals surface area contributed by atoms with Crippen LogP contribution in [-0.4, -0.2) is 9.55 Å². The maximum atomic E-state index is 12.6. The van der Waals surface area contributed by atoms with E-state index in [9.17, 15) is 18.0 Å². The highest BCUT2D eigenvalue weighted by molar-refractivity contribution is 5.17. The second-order valence-corrected chi connectivity index (χ2v) is 4.12. The van der Waals surface area contributed by atoms with Crippen molar-refractivity contribution in [2.75, 3.05) is 0 Å². The van der Waals surface area contributed by atoms with E-state index in [0.717, 1.165) is 11.8 Å². The number of alkyl halides is 3. The summed E-state index contributed by atoms with van der Waals surface area (Å²) in [5.74, 6) is 0.252. The average molecular weight is 268 g/mol. The van der Waals surface area contributed by atoms with Crippen LogP contribution in [0, 0.1) is 6.92 Å². The first-order valence-corrected chi connectivity index (χ1v) is 5.57. The van der Waals surface area contributed by atoms with Crippen molar-refractivity contribution in [1.29, 1.82) is 0 Å². The molecule has 100 valence electrons. The summed E-state index contributed by atoms with van der Waals surface area (Å²) in [4.78, 5) is 14.7. The summed E-state index contributed by atoms with van der Waals surface area (Å²) in [6.45, 7) is 1.74. The van der Waals surface area contributed by atoms with Gasteiger partial charge in [-0.3, -0.25) is 4.79 Å². The van der Waals surface area contributed by atoms with E-state index in [-0.39, 0.29) is 12.4 Å². The van der Waals surface area contributed by atoms with Gasteiger partial charge in [0.05, 0.1) is 0 Å². The molecule has 1 heterocycles. The highest BCUT2D eigenvalue weighted by atomic mass is 19.4. The van der Waals surface area contributed by atoms with Gasteiger partial charge in [-0.1, -0.05) is 30.3 Å². The largest absolute Gasteiger partial charge is 0.423 e. The Balaban J connectivity index is 2.44. The predicted molar refractivity (Wildman–Crippen MR) is 63.8 cm³/mol. The molecule has 0 aliphatic rings. The van der Waals surface area contributed by atoms with Crippen molar-refractivity contribution in [3.8, 4) is 0 Å². The van der Waals surface area contributed by atoms with Crippen molar-refractivity contribution in [2.24, 2.45) is 0 Å². The molecule has 0 spiro atoms. The smallest absolute Gasteiger partial charge is 0.331 e. The first-order valence-electron chi connectivity index (χ1n) is 5.57. The zero-order valence-corrected chi connectivity index (χ0v) is 10.1. The molecule has 0 radical (unpaired) electrons. The summed E-state index contributed by atoms with van der Waals surface area (Å²) >= 11 is 0. The number of hydrogen-bond acceptors (Lipinski definition) is 2. The van der Waals surface area contributed by atoms with Gasteiger partial charge in [0.25, 0.3) is 5.56 Å². The number of halogens is 3. The summed E-state index contributed by atoms with van der Waals surface area (Å²) in [6.07, 6.45) is -3.87. The third kappa shape index (κ3) is 3.01. The summed E-state index contributed by atoms with van der Waals surface area (Å²) in [7, 11) is 0. The lowest BCUT2D eigenvalue weighted by molar-refractivity contribution is -0.139. The Morgan fingerprint density at radius 3 is 2.42 bits per heavy atom. The fraction of sp³-hybridized carbons (Fsp3) is 0.231. The first kappa shape index (κ1) is 13.3. The molecule has 0 fully saturated rings. The van der Waals surface area contributed by atoms with Crippen LogP contribution < -0.4 is 5.56 Å². The van der Waals surface area contributed by atoms with E-state index in [1.165, 1.54) is 11.5 Å². The Morgan fingerprint density at radius 1 is 1.21 bits per heavy atom. The molecule has 0 aliphatic carbocycles. The summed E-state index contributed by atoms with van der Waals surface area (Å²) in [5.41, 5.74) is -1.65. The number of nitrogens with zero attached hydrogens (tertiary/aromatic N) is 2. The third-order valence-electron chi connectivity index (χ3n) is 2.70. The maximum absolute atomic E-state index is 12.6. The van der Waals surface area contributed by atoms with Crippen LogP contribution in [0.15, 0.2) is 41.3 Å². The van der Waals surface area contributed by atoms with Crippen molar-refractivity contribution < 1.29 is 13.2 Å². The van der Waals surface area contributed by atoms with Crippen molar-refractivity contribution in [2.45, 2.75) is 19.6 Å². The van der Waals surface area contributed by atoms with E-state index in [4.69, 9.17) is 0 Å². The van der Waals surface area contributed by atoms with Gasteiger partial charge in [0.2, 0.25) is 0 Å². The summed E-state index contributed by atoms with van der Waals surface area (Å²) < 4.78 is 39.3. The monoisotopic (exact) mass is 268 g/mol. The quantitative estimate of drug-likeness (QED) is 0.839. The van der Waals surface area contributed by atoms with Crippen LogP contribution in [-0.2, 0) is 12.7 Å². The van der Waals surface area contributed by atoms with Gasteiger partial charge in [-0.2, -0.15) is 18.2 Å². The fourth-order valence-corrected chi connectivity index (χ4v) is 1.71. The summed E-state index contributed by atoms with van der Waals surface area (Å²) in [5, 5.41) is 0. The molecule has 0 atom stereocenters. The molecule has 0 unspecified atom stereocenters. The molecule has 2 aromatic rings. The number of benzene rings is 1. The second-order valence-electron chi connectivity index (χ2n) is 4.12. The molecule has 0 bridgehead atoms. The van der Waals surface area contributed by atoms with Crippen LogP contribution in [0.1, 0.15) is 17.0 Å². The van der Waals surface area contributed by atoms with E-state index >= 15 is 0 Å². The van der Waals surface area contributed by atoms with E-state index in [1.54, 1.807) is 24.3 Å². The Hall–Kier alpha value is -2.11. The van der Waals surface area contributed by atoms with E-state index in [2.05, 4.69) is 4.98 Å². The third-order valence-corrected chi connectivity index (χ3v) is 2.70. The number of hydrogen-bond donors (Lipinski definition) is 0. The molecule has 0 saturated carbocycles. The molecule has 3 nitrogen and oxygen atoms in total. The molecule has 6 heteroatoms. The second kappa shape index (κ2) is 4.87. The molecule has 2 rings (SSSR count). The number of aromatic nitrogens is 2. The Bertz CT molecular complexity index is 633. The fourth-order valence-electron chi connectivity index (χ4n) is 1.71. The molecule has 1 aromatic heterocycles. The van der Waals surface area contributed by atoms with Crippen LogP contribution >= 0.6 is 0 Å². The van der Waals surface area contributed by atoms with Crippen LogP contribution in [0.5, 0.6) is 0 Å². The lowest BCUT2D eigenvalue weighted by atomic mass is 10.2. The van der Waals surface area contributed by atoms with E-state index in [0.29, 0.717) is 0 Å². The number of aryl methyl sites for hydroxylation is 1. The first-order chi connectivity index (χ1) is 8.88. The van der Waals surface area contributed by atoms with Gasteiger partial charge >= 0.3 is 6.18 Å². The molecule has 0 aliphatic heterocycles. The number of rotatable bonds is 2. The summed E-state index contributed by atoms with van der Waals surface area (Å²) in [6, 6.07) is 9.01. The van der Waals surface area contributed by atoms with Crippen molar-refractivity contribution >= 4 is 0 Å². The normalized spacial score (nSPS) is 11.6. The zero-order chi connectivity index (χ0) is 14.0. The predicted octanol–water partition coefficient (Wildman–Crippen LogP) is 2.62. The van der Waals surface area contributed by atoms with Gasteiger partial charge in [-0.15, -0.1) is 0 Å². The highest BCUT2D eigenvalue weighted by Gasteiger charge is 2.35. The Morgan fingerprint density at radius 2 is 1.84 bits per heavy atom.